The number of nitrogens with zero attached hydrogens (tertiary/aromatic N) is 3. The highest BCUT2D eigenvalue weighted by molar-refractivity contribution is 6.01. The number of nitrogens with one attached hydrogen (secondary N) is 1. The van der Waals surface area contributed by atoms with E-state index in [4.69, 9.17) is 0 Å². The molecule has 32 heavy (non-hydrogen) atoms. The first-order chi connectivity index (χ1) is 14.9. The summed E-state index contributed by atoms with van der Waals surface area (Å²) < 4.78 is 80.0. The molecule has 0 radical (unpaired) electrons. The number of halogens is 6. The van der Waals surface area contributed by atoms with Crippen LogP contribution >= 0.6 is 0 Å². The topological polar surface area (TPSA) is 59.8 Å². The Morgan fingerprint density at radius 1 is 1.09 bits per heavy atom. The summed E-state index contributed by atoms with van der Waals surface area (Å²) in [7, 11) is 0. The maximum Gasteiger partial charge on any atom is 0.416 e. The predicted molar refractivity (Wildman–Crippen MR) is 104 cm³/mol. The molecule has 3 rings (SSSR count). The van der Waals surface area contributed by atoms with Gasteiger partial charge in [-0.15, -0.1) is 0 Å². The zero-order valence-corrected chi connectivity index (χ0v) is 16.4. The number of rotatable bonds is 5. The number of hydrogen-bond acceptors (Lipinski definition) is 3. The average Bonchev–Trinajstić information content (AvgIpc) is 3.19. The van der Waals surface area contributed by atoms with Crippen molar-refractivity contribution >= 4 is 17.7 Å². The third-order valence-electron chi connectivity index (χ3n) is 4.50. The summed E-state index contributed by atoms with van der Waals surface area (Å²) in [5, 5.41) is 6.44. The van der Waals surface area contributed by atoms with E-state index >= 15 is 0 Å². The first-order valence-electron chi connectivity index (χ1n) is 9.18. The fourth-order valence-corrected chi connectivity index (χ4v) is 2.92. The lowest BCUT2D eigenvalue weighted by Gasteiger charge is -2.20. The normalized spacial score (nSPS) is 13.3. The highest BCUT2D eigenvalue weighted by Gasteiger charge is 2.39. The summed E-state index contributed by atoms with van der Waals surface area (Å²) in [6.07, 6.45) is -3.14. The Hall–Kier alpha value is -3.63. The van der Waals surface area contributed by atoms with Gasteiger partial charge in [-0.2, -0.15) is 31.4 Å². The molecule has 1 atom stereocenters. The molecular formula is C21H16F6N4O. The second-order valence-corrected chi connectivity index (χ2v) is 6.76. The smallest absolute Gasteiger partial charge is 0.320 e. The predicted octanol–water partition coefficient (Wildman–Crippen LogP) is 5.58. The zero-order chi connectivity index (χ0) is 23.5. The molecule has 0 saturated carbocycles. The van der Waals surface area contributed by atoms with E-state index < -0.39 is 35.4 Å². The number of carbonyl (C=O) groups excluding carboxylic acids is 1. The lowest BCUT2D eigenvalue weighted by Crippen LogP contribution is -2.17. The number of anilines is 1. The molecule has 0 aliphatic rings. The maximum absolute atomic E-state index is 13.4. The lowest BCUT2D eigenvalue weighted by atomic mass is 9.98. The van der Waals surface area contributed by atoms with Gasteiger partial charge in [-0.05, 0) is 42.8 Å². The Kier molecular flexibility index (Phi) is 6.37. The van der Waals surface area contributed by atoms with Gasteiger partial charge in [0.15, 0.2) is 0 Å². The molecule has 0 aliphatic heterocycles. The Morgan fingerprint density at radius 3 is 2.47 bits per heavy atom. The van der Waals surface area contributed by atoms with Crippen LogP contribution in [0.25, 0.3) is 6.08 Å². The summed E-state index contributed by atoms with van der Waals surface area (Å²) in [5.41, 5.74) is -2.43. The monoisotopic (exact) mass is 454 g/mol. The van der Waals surface area contributed by atoms with Gasteiger partial charge in [0.05, 0.1) is 34.7 Å². The number of aromatic nitrogens is 3. The summed E-state index contributed by atoms with van der Waals surface area (Å²) in [6.45, 7) is 1.36. The van der Waals surface area contributed by atoms with Crippen molar-refractivity contribution in [2.75, 3.05) is 5.32 Å². The highest BCUT2D eigenvalue weighted by atomic mass is 19.4. The van der Waals surface area contributed by atoms with Crippen LogP contribution in [-0.2, 0) is 17.1 Å². The molecular weight excluding hydrogens is 438 g/mol. The van der Waals surface area contributed by atoms with Crippen molar-refractivity contribution < 1.29 is 31.1 Å². The molecule has 3 aromatic rings. The molecule has 1 aromatic carbocycles. The Balaban J connectivity index is 1.80. The number of carbonyl (C=O) groups is 1. The van der Waals surface area contributed by atoms with E-state index in [1.165, 1.54) is 31.5 Å². The van der Waals surface area contributed by atoms with Gasteiger partial charge in [0, 0.05) is 18.5 Å². The number of benzene rings is 1. The van der Waals surface area contributed by atoms with Crippen LogP contribution in [0.1, 0.15) is 35.3 Å². The molecule has 0 bridgehead atoms. The van der Waals surface area contributed by atoms with Crippen LogP contribution in [0.5, 0.6) is 0 Å². The van der Waals surface area contributed by atoms with Crippen molar-refractivity contribution in [3.8, 4) is 0 Å². The third-order valence-corrected chi connectivity index (χ3v) is 4.50. The standard InChI is InChI=1S/C21H16F6N4O/c1-13(17-7-5-14(20(22,23)24)10-18(17)21(25,26)27)31-12-16(11-29-31)30-19(32)8-6-15-4-2-3-9-28-15/h2-13H,1H3,(H,30,32)/b8-6-. The quantitative estimate of drug-likeness (QED) is 0.405. The van der Waals surface area contributed by atoms with E-state index in [2.05, 4.69) is 15.4 Å². The van der Waals surface area contributed by atoms with Gasteiger partial charge in [0.1, 0.15) is 0 Å². The Morgan fingerprint density at radius 2 is 1.84 bits per heavy atom. The number of alkyl halides is 6. The minimum absolute atomic E-state index is 0.0838. The average molecular weight is 454 g/mol. The van der Waals surface area contributed by atoms with Gasteiger partial charge < -0.3 is 5.32 Å². The number of pyridine rings is 1. The molecule has 5 nitrogen and oxygen atoms in total. The van der Waals surface area contributed by atoms with Crippen LogP contribution in [-0.4, -0.2) is 20.7 Å². The van der Waals surface area contributed by atoms with Crippen LogP contribution in [0.2, 0.25) is 0 Å². The van der Waals surface area contributed by atoms with Gasteiger partial charge in [-0.3, -0.25) is 14.5 Å². The van der Waals surface area contributed by atoms with Gasteiger partial charge in [-0.25, -0.2) is 0 Å². The summed E-state index contributed by atoms with van der Waals surface area (Å²) >= 11 is 0. The van der Waals surface area contributed by atoms with Gasteiger partial charge >= 0.3 is 12.4 Å². The van der Waals surface area contributed by atoms with Gasteiger partial charge in [-0.1, -0.05) is 12.1 Å². The summed E-state index contributed by atoms with van der Waals surface area (Å²) in [5.74, 6) is -0.520. The second-order valence-electron chi connectivity index (χ2n) is 6.76. The molecule has 2 aromatic heterocycles. The minimum atomic E-state index is -4.99. The molecule has 0 spiro atoms. The van der Waals surface area contributed by atoms with Crippen molar-refractivity contribution in [1.29, 1.82) is 0 Å². The van der Waals surface area contributed by atoms with E-state index in [0.717, 1.165) is 10.7 Å². The third kappa shape index (κ3) is 5.54. The largest absolute Gasteiger partial charge is 0.416 e. The summed E-state index contributed by atoms with van der Waals surface area (Å²) in [6, 6.07) is 5.55. The zero-order valence-electron chi connectivity index (χ0n) is 16.4. The summed E-state index contributed by atoms with van der Waals surface area (Å²) in [4.78, 5) is 16.1. The van der Waals surface area contributed by atoms with Gasteiger partial charge in [0.2, 0.25) is 5.91 Å². The molecule has 2 heterocycles. The lowest BCUT2D eigenvalue weighted by molar-refractivity contribution is -0.143. The Labute approximate surface area is 178 Å². The molecule has 1 N–H and O–H groups in total. The first-order valence-corrected chi connectivity index (χ1v) is 9.18. The fraction of sp³-hybridized carbons (Fsp3) is 0.190. The fourth-order valence-electron chi connectivity index (χ4n) is 2.92. The molecule has 0 aliphatic carbocycles. The van der Waals surface area contributed by atoms with Crippen molar-refractivity contribution in [2.45, 2.75) is 25.3 Å². The highest BCUT2D eigenvalue weighted by Crippen LogP contribution is 2.39. The van der Waals surface area contributed by atoms with Crippen LogP contribution in [0, 0.1) is 0 Å². The molecule has 168 valence electrons. The first kappa shape index (κ1) is 23.0. The van der Waals surface area contributed by atoms with E-state index in [1.807, 2.05) is 0 Å². The van der Waals surface area contributed by atoms with Crippen LogP contribution in [0.15, 0.2) is 61.1 Å². The number of amides is 1. The van der Waals surface area contributed by atoms with Crippen LogP contribution in [0.3, 0.4) is 0 Å². The van der Waals surface area contributed by atoms with Crippen LogP contribution < -0.4 is 5.32 Å². The molecule has 1 amide bonds. The van der Waals surface area contributed by atoms with E-state index in [-0.39, 0.29) is 17.3 Å². The second kappa shape index (κ2) is 8.85. The molecule has 0 fully saturated rings. The molecule has 1 unspecified atom stereocenters. The van der Waals surface area contributed by atoms with E-state index in [9.17, 15) is 31.1 Å². The number of hydrogen-bond donors (Lipinski definition) is 1. The van der Waals surface area contributed by atoms with E-state index in [0.29, 0.717) is 11.8 Å². The molecule has 0 saturated heterocycles. The van der Waals surface area contributed by atoms with E-state index in [1.54, 1.807) is 24.4 Å². The Bertz CT molecular complexity index is 1120. The van der Waals surface area contributed by atoms with Crippen molar-refractivity contribution in [1.82, 2.24) is 14.8 Å². The van der Waals surface area contributed by atoms with Crippen molar-refractivity contribution in [3.05, 3.63) is 83.4 Å². The maximum atomic E-state index is 13.4. The van der Waals surface area contributed by atoms with Crippen LogP contribution in [0.4, 0.5) is 32.0 Å². The minimum Gasteiger partial charge on any atom is -0.320 e. The van der Waals surface area contributed by atoms with Gasteiger partial charge in [0.25, 0.3) is 0 Å². The van der Waals surface area contributed by atoms with Crippen molar-refractivity contribution in [3.63, 3.8) is 0 Å². The van der Waals surface area contributed by atoms with Crippen molar-refractivity contribution in [2.24, 2.45) is 0 Å². The SMILES string of the molecule is CC(c1ccc(C(F)(F)F)cc1C(F)(F)F)n1cc(NC(=O)/C=C\c2ccccn2)cn1. The molecule has 11 heteroatoms.